The molecule has 40 heavy (non-hydrogen) atoms. The van der Waals surface area contributed by atoms with E-state index < -0.39 is 12.0 Å². The van der Waals surface area contributed by atoms with Crippen LogP contribution in [-0.4, -0.2) is 71.4 Å². The highest BCUT2D eigenvalue weighted by atomic mass is 35.5. The van der Waals surface area contributed by atoms with E-state index in [9.17, 15) is 4.39 Å². The maximum atomic E-state index is 16.6. The van der Waals surface area contributed by atoms with Crippen molar-refractivity contribution in [2.45, 2.75) is 55.9 Å². The minimum Gasteiger partial charge on any atom is -0.461 e. The van der Waals surface area contributed by atoms with Gasteiger partial charge in [-0.3, -0.25) is 4.90 Å². The van der Waals surface area contributed by atoms with E-state index in [2.05, 4.69) is 20.1 Å². The van der Waals surface area contributed by atoms with Gasteiger partial charge in [0.2, 0.25) is 0 Å². The predicted octanol–water partition coefficient (Wildman–Crippen LogP) is 6.20. The smallest absolute Gasteiger partial charge is 0.319 e. The lowest BCUT2D eigenvalue weighted by molar-refractivity contribution is 0.107. The Hall–Kier alpha value is -2.59. The number of hydrogen-bond donors (Lipinski definition) is 1. The van der Waals surface area contributed by atoms with Crippen LogP contribution in [0.25, 0.3) is 32.1 Å². The van der Waals surface area contributed by atoms with E-state index in [0.29, 0.717) is 53.4 Å². The minimum atomic E-state index is -0.852. The lowest BCUT2D eigenvalue weighted by atomic mass is 9.95. The molecule has 1 N–H and O–H groups in total. The number of alkyl halides is 1. The largest absolute Gasteiger partial charge is 0.461 e. The van der Waals surface area contributed by atoms with E-state index in [0.717, 1.165) is 61.0 Å². The molecule has 0 amide bonds. The Balaban J connectivity index is 1.26. The monoisotopic (exact) mass is 581 g/mol. The van der Waals surface area contributed by atoms with Gasteiger partial charge in [-0.15, -0.1) is 11.3 Å². The summed E-state index contributed by atoms with van der Waals surface area (Å²) in [7, 11) is 0. The van der Waals surface area contributed by atoms with Crippen molar-refractivity contribution in [1.82, 2.24) is 20.2 Å². The molecule has 2 aromatic heterocycles. The van der Waals surface area contributed by atoms with Crippen molar-refractivity contribution in [3.63, 3.8) is 0 Å². The highest BCUT2D eigenvalue weighted by Gasteiger charge is 2.49. The molecule has 6 nitrogen and oxygen atoms in total. The highest BCUT2D eigenvalue weighted by molar-refractivity contribution is 7.17. The topological polar surface area (TPSA) is 53.5 Å². The third-order valence-electron chi connectivity index (χ3n) is 9.35. The molecule has 4 aromatic rings. The fourth-order valence-corrected chi connectivity index (χ4v) is 8.65. The van der Waals surface area contributed by atoms with Crippen LogP contribution in [0.3, 0.4) is 0 Å². The predicted molar refractivity (Wildman–Crippen MR) is 156 cm³/mol. The second-order valence-corrected chi connectivity index (χ2v) is 13.2. The molecule has 4 aliphatic rings. The third-order valence-corrected chi connectivity index (χ3v) is 10.5. The molecule has 0 saturated carbocycles. The molecule has 4 aliphatic heterocycles. The molecule has 6 heterocycles. The molecule has 2 aromatic carbocycles. The zero-order valence-corrected chi connectivity index (χ0v) is 23.6. The van der Waals surface area contributed by atoms with Gasteiger partial charge >= 0.3 is 6.01 Å². The Labute approximate surface area is 240 Å². The summed E-state index contributed by atoms with van der Waals surface area (Å²) in [5, 5.41) is 7.54. The molecule has 2 unspecified atom stereocenters. The molecular weight excluding hydrogens is 552 g/mol. The quantitative estimate of drug-likeness (QED) is 0.303. The van der Waals surface area contributed by atoms with Crippen LogP contribution < -0.4 is 15.0 Å². The second kappa shape index (κ2) is 9.48. The average Bonchev–Trinajstić information content (AvgIpc) is 3.71. The first-order valence-corrected chi connectivity index (χ1v) is 15.4. The van der Waals surface area contributed by atoms with Gasteiger partial charge in [0.05, 0.1) is 10.6 Å². The van der Waals surface area contributed by atoms with Crippen LogP contribution in [0.5, 0.6) is 6.01 Å². The molecule has 4 atom stereocenters. The number of fused-ring (bicyclic) bond motifs is 5. The van der Waals surface area contributed by atoms with E-state index >= 15 is 4.39 Å². The lowest BCUT2D eigenvalue weighted by Crippen LogP contribution is -2.51. The number of halogens is 3. The van der Waals surface area contributed by atoms with Gasteiger partial charge in [-0.25, -0.2) is 8.78 Å². The number of hydrogen-bond acceptors (Lipinski definition) is 7. The number of nitrogens with one attached hydrogen (secondary N) is 1. The van der Waals surface area contributed by atoms with Crippen molar-refractivity contribution in [1.29, 1.82) is 0 Å². The molecule has 0 aliphatic carbocycles. The minimum absolute atomic E-state index is 0.137. The number of piperazine rings is 1. The van der Waals surface area contributed by atoms with E-state index in [4.69, 9.17) is 21.3 Å². The van der Waals surface area contributed by atoms with Gasteiger partial charge in [0.1, 0.15) is 24.1 Å². The molecule has 0 spiro atoms. The zero-order valence-electron chi connectivity index (χ0n) is 22.0. The van der Waals surface area contributed by atoms with Crippen LogP contribution in [0.4, 0.5) is 14.6 Å². The third kappa shape index (κ3) is 4.00. The van der Waals surface area contributed by atoms with Crippen LogP contribution in [0.1, 0.15) is 32.1 Å². The number of aromatic nitrogens is 2. The molecule has 4 saturated heterocycles. The number of thiophene rings is 1. The summed E-state index contributed by atoms with van der Waals surface area (Å²) in [6.07, 6.45) is 3.73. The fraction of sp³-hybridized carbons (Fsp3) is 0.467. The zero-order chi connectivity index (χ0) is 27.0. The van der Waals surface area contributed by atoms with Crippen LogP contribution in [0.2, 0.25) is 5.02 Å². The summed E-state index contributed by atoms with van der Waals surface area (Å²) in [6.45, 7) is 3.17. The van der Waals surface area contributed by atoms with Crippen molar-refractivity contribution < 1.29 is 13.5 Å². The first-order valence-electron chi connectivity index (χ1n) is 14.2. The van der Waals surface area contributed by atoms with Crippen molar-refractivity contribution in [3.8, 4) is 17.1 Å². The van der Waals surface area contributed by atoms with E-state index in [1.807, 2.05) is 35.7 Å². The van der Waals surface area contributed by atoms with Crippen LogP contribution in [0, 0.1) is 5.82 Å². The van der Waals surface area contributed by atoms with Gasteiger partial charge in [0.15, 0.2) is 5.82 Å². The first kappa shape index (κ1) is 25.1. The summed E-state index contributed by atoms with van der Waals surface area (Å²) in [5.74, 6) is 0.174. The SMILES string of the molecule is Fc1c(-c2cccc3sccc23)c(Cl)cc2c(N3CC4CCC(C3)N4)nc(OC[C@@]34CCCN3C[C@H](F)C4)nc12. The summed E-state index contributed by atoms with van der Waals surface area (Å²) >= 11 is 8.47. The van der Waals surface area contributed by atoms with Crippen molar-refractivity contribution in [2.75, 3.05) is 37.7 Å². The summed E-state index contributed by atoms with van der Waals surface area (Å²) < 4.78 is 38.4. The van der Waals surface area contributed by atoms with Crippen molar-refractivity contribution in [3.05, 3.63) is 46.6 Å². The van der Waals surface area contributed by atoms with Crippen molar-refractivity contribution in [2.24, 2.45) is 0 Å². The van der Waals surface area contributed by atoms with Gasteiger partial charge in [-0.2, -0.15) is 9.97 Å². The average molecular weight is 582 g/mol. The molecule has 2 bridgehead atoms. The van der Waals surface area contributed by atoms with Gasteiger partial charge < -0.3 is 15.0 Å². The summed E-state index contributed by atoms with van der Waals surface area (Å²) in [5.41, 5.74) is 0.940. The number of rotatable bonds is 5. The van der Waals surface area contributed by atoms with Gasteiger partial charge in [0.25, 0.3) is 0 Å². The standard InChI is InChI=1S/C30H30ClF2N5OS/c31-23-11-22-27(26(33)25(23)21-3-1-4-24-20(21)7-10-40-24)35-29(36-28(22)37-14-18-5-6-19(15-37)34-18)39-16-30-8-2-9-38(30)13-17(32)12-30/h1,3-4,7,10-11,17-19,34H,2,5-6,8-9,12-16H2/t17-,18?,19?,30+/m1/s1. The van der Waals surface area contributed by atoms with Crippen LogP contribution in [0.15, 0.2) is 35.7 Å². The van der Waals surface area contributed by atoms with Crippen LogP contribution in [-0.2, 0) is 0 Å². The second-order valence-electron chi connectivity index (χ2n) is 11.8. The molecular formula is C30H30ClF2N5OS. The van der Waals surface area contributed by atoms with Crippen LogP contribution >= 0.6 is 22.9 Å². The molecule has 0 radical (unpaired) electrons. The Bertz CT molecular complexity index is 1620. The number of nitrogens with zero attached hydrogens (tertiary/aromatic N) is 4. The lowest BCUT2D eigenvalue weighted by Gasteiger charge is -2.34. The Morgan fingerprint density at radius 2 is 1.98 bits per heavy atom. The Kier molecular flexibility index (Phi) is 5.96. The van der Waals surface area contributed by atoms with Crippen molar-refractivity contribution >= 4 is 49.7 Å². The summed E-state index contributed by atoms with van der Waals surface area (Å²) in [6, 6.07) is 10.5. The highest BCUT2D eigenvalue weighted by Crippen LogP contribution is 2.43. The van der Waals surface area contributed by atoms with E-state index in [1.165, 1.54) is 0 Å². The Morgan fingerprint density at radius 3 is 2.83 bits per heavy atom. The normalized spacial score (nSPS) is 28.2. The number of ether oxygens (including phenoxy) is 1. The molecule has 208 valence electrons. The maximum absolute atomic E-state index is 16.6. The van der Waals surface area contributed by atoms with Gasteiger partial charge in [-0.05, 0) is 61.4 Å². The van der Waals surface area contributed by atoms with E-state index in [1.54, 1.807) is 11.3 Å². The number of benzene rings is 2. The maximum Gasteiger partial charge on any atom is 0.319 e. The Morgan fingerprint density at radius 1 is 1.12 bits per heavy atom. The fourth-order valence-electron chi connectivity index (χ4n) is 7.54. The molecule has 4 fully saturated rings. The number of anilines is 1. The van der Waals surface area contributed by atoms with Gasteiger partial charge in [0, 0.05) is 59.2 Å². The summed E-state index contributed by atoms with van der Waals surface area (Å²) in [4.78, 5) is 13.9. The molecule has 8 rings (SSSR count). The van der Waals surface area contributed by atoms with Gasteiger partial charge in [-0.1, -0.05) is 23.7 Å². The molecule has 10 heteroatoms. The first-order chi connectivity index (χ1) is 19.5. The van der Waals surface area contributed by atoms with E-state index in [-0.39, 0.29) is 17.1 Å².